The van der Waals surface area contributed by atoms with Crippen molar-refractivity contribution >= 4 is 45.4 Å². The largest absolute Gasteiger partial charge is 0.172 e. The highest BCUT2D eigenvalue weighted by atomic mass is 32.1. The van der Waals surface area contributed by atoms with E-state index in [4.69, 9.17) is 8.75 Å². The zero-order chi connectivity index (χ0) is 30.3. The monoisotopic (exact) mass is 632 g/mol. The SMILES string of the molecule is Cc1sc(-c2ccc(-c3sc(C)c(-c4ccccc4)c3-c3ccccc3)c3nsnc23)c(-c2ccccc2)c1-c1ccccc1. The van der Waals surface area contributed by atoms with Crippen molar-refractivity contribution in [2.75, 3.05) is 0 Å². The lowest BCUT2D eigenvalue weighted by Crippen LogP contribution is -1.88. The van der Waals surface area contributed by atoms with Gasteiger partial charge in [-0.2, -0.15) is 8.75 Å². The Hall–Kier alpha value is -4.68. The second-order valence-corrected chi connectivity index (χ2v) is 14.0. The topological polar surface area (TPSA) is 25.8 Å². The molecule has 216 valence electrons. The van der Waals surface area contributed by atoms with Crippen molar-refractivity contribution in [2.45, 2.75) is 13.8 Å². The number of aryl methyl sites for hydroxylation is 2. The fourth-order valence-electron chi connectivity index (χ4n) is 6.37. The molecule has 45 heavy (non-hydrogen) atoms. The number of benzene rings is 5. The van der Waals surface area contributed by atoms with E-state index in [1.807, 2.05) is 22.7 Å². The van der Waals surface area contributed by atoms with Gasteiger partial charge in [0.2, 0.25) is 0 Å². The van der Waals surface area contributed by atoms with Gasteiger partial charge in [0.1, 0.15) is 11.0 Å². The van der Waals surface area contributed by atoms with Crippen LogP contribution in [0, 0.1) is 13.8 Å². The average Bonchev–Trinajstić information content (AvgIpc) is 3.81. The normalized spacial score (nSPS) is 11.3. The minimum atomic E-state index is 0.960. The van der Waals surface area contributed by atoms with Crippen molar-refractivity contribution < 1.29 is 0 Å². The molecule has 2 nitrogen and oxygen atoms in total. The highest BCUT2D eigenvalue weighted by molar-refractivity contribution is 7.17. The van der Waals surface area contributed by atoms with Crippen LogP contribution >= 0.6 is 34.4 Å². The molecule has 0 radical (unpaired) electrons. The standard InChI is InChI=1S/C40H28N2S3/c1-25-33(27-15-7-3-8-16-27)35(29-19-11-5-12-20-29)39(43-25)31-23-24-32(38-37(31)41-45-42-38)40-36(30-21-13-6-14-22-30)34(26(2)44-40)28-17-9-4-10-18-28/h3-24H,1-2H3. The molecule has 5 aromatic carbocycles. The molecule has 0 saturated heterocycles. The van der Waals surface area contributed by atoms with Crippen LogP contribution in [0.15, 0.2) is 133 Å². The highest BCUT2D eigenvalue weighted by Crippen LogP contribution is 2.52. The molecule has 8 aromatic rings. The molecule has 0 aliphatic carbocycles. The Morgan fingerprint density at radius 3 is 1.02 bits per heavy atom. The van der Waals surface area contributed by atoms with E-state index < -0.39 is 0 Å². The Bertz CT molecular complexity index is 2100. The number of nitrogens with zero attached hydrogens (tertiary/aromatic N) is 2. The average molecular weight is 633 g/mol. The first-order valence-electron chi connectivity index (χ1n) is 14.9. The third-order valence-electron chi connectivity index (χ3n) is 8.32. The van der Waals surface area contributed by atoms with Gasteiger partial charge >= 0.3 is 0 Å². The quantitative estimate of drug-likeness (QED) is 0.182. The molecule has 0 N–H and O–H groups in total. The van der Waals surface area contributed by atoms with Crippen LogP contribution < -0.4 is 0 Å². The number of aromatic nitrogens is 2. The molecule has 0 unspecified atom stereocenters. The maximum Gasteiger partial charge on any atom is 0.114 e. The van der Waals surface area contributed by atoms with Crippen LogP contribution in [0.25, 0.3) is 76.4 Å². The minimum Gasteiger partial charge on any atom is -0.172 e. The molecule has 0 spiro atoms. The molecule has 0 aliphatic rings. The first-order chi connectivity index (χ1) is 22.2. The summed E-state index contributed by atoms with van der Waals surface area (Å²) in [6, 6.07) is 47.6. The summed E-state index contributed by atoms with van der Waals surface area (Å²) >= 11 is 4.99. The highest BCUT2D eigenvalue weighted by Gasteiger charge is 2.26. The molecule has 5 heteroatoms. The molecule has 0 fully saturated rings. The summed E-state index contributed by atoms with van der Waals surface area (Å²) in [5.74, 6) is 0. The van der Waals surface area contributed by atoms with E-state index in [0.717, 1.165) is 22.2 Å². The lowest BCUT2D eigenvalue weighted by molar-refractivity contribution is 1.56. The van der Waals surface area contributed by atoms with Crippen LogP contribution in [0.3, 0.4) is 0 Å². The number of hydrogen-bond donors (Lipinski definition) is 0. The van der Waals surface area contributed by atoms with Gasteiger partial charge in [-0.05, 0) is 36.1 Å². The molecule has 0 amide bonds. The van der Waals surface area contributed by atoms with Crippen LogP contribution in [0.5, 0.6) is 0 Å². The van der Waals surface area contributed by atoms with E-state index in [9.17, 15) is 0 Å². The van der Waals surface area contributed by atoms with Crippen LogP contribution in [-0.2, 0) is 0 Å². The van der Waals surface area contributed by atoms with Gasteiger partial charge < -0.3 is 0 Å². The maximum absolute atomic E-state index is 4.96. The Morgan fingerprint density at radius 2 is 0.689 bits per heavy atom. The molecule has 0 atom stereocenters. The van der Waals surface area contributed by atoms with Gasteiger partial charge in [0.05, 0.1) is 11.7 Å². The van der Waals surface area contributed by atoms with Crippen LogP contribution in [0.2, 0.25) is 0 Å². The number of thiophene rings is 2. The number of fused-ring (bicyclic) bond motifs is 1. The van der Waals surface area contributed by atoms with Gasteiger partial charge in [0, 0.05) is 52.9 Å². The lowest BCUT2D eigenvalue weighted by Gasteiger charge is -2.12. The first-order valence-corrected chi connectivity index (χ1v) is 17.3. The first kappa shape index (κ1) is 27.8. The van der Waals surface area contributed by atoms with Gasteiger partial charge in [-0.25, -0.2) is 0 Å². The van der Waals surface area contributed by atoms with Crippen LogP contribution in [0.4, 0.5) is 0 Å². The van der Waals surface area contributed by atoms with Gasteiger partial charge in [-0.3, -0.25) is 0 Å². The van der Waals surface area contributed by atoms with Gasteiger partial charge in [-0.1, -0.05) is 133 Å². The minimum absolute atomic E-state index is 0.960. The van der Waals surface area contributed by atoms with Crippen molar-refractivity contribution in [3.63, 3.8) is 0 Å². The third kappa shape index (κ3) is 4.84. The predicted molar refractivity (Wildman–Crippen MR) is 195 cm³/mol. The van der Waals surface area contributed by atoms with Crippen LogP contribution in [-0.4, -0.2) is 8.75 Å². The van der Waals surface area contributed by atoms with Crippen molar-refractivity contribution in [1.82, 2.24) is 8.75 Å². The van der Waals surface area contributed by atoms with Crippen molar-refractivity contribution in [3.05, 3.63) is 143 Å². The third-order valence-corrected chi connectivity index (χ3v) is 11.1. The summed E-state index contributed by atoms with van der Waals surface area (Å²) in [5.41, 5.74) is 14.2. The predicted octanol–water partition coefficient (Wildman–Crippen LogP) is 12.4. The molecule has 0 aliphatic heterocycles. The van der Waals surface area contributed by atoms with Gasteiger partial charge in [0.25, 0.3) is 0 Å². The fourth-order valence-corrected chi connectivity index (χ4v) is 9.39. The second-order valence-electron chi connectivity index (χ2n) is 11.1. The summed E-state index contributed by atoms with van der Waals surface area (Å²) < 4.78 is 9.92. The summed E-state index contributed by atoms with van der Waals surface area (Å²) in [6.07, 6.45) is 0. The van der Waals surface area contributed by atoms with Crippen LogP contribution in [0.1, 0.15) is 9.75 Å². The molecule has 0 bridgehead atoms. The Balaban J connectivity index is 1.37. The smallest absolute Gasteiger partial charge is 0.114 e. The van der Waals surface area contributed by atoms with E-state index in [0.29, 0.717) is 0 Å². The van der Waals surface area contributed by atoms with Crippen molar-refractivity contribution in [2.24, 2.45) is 0 Å². The molecular formula is C40H28N2S3. The molecule has 8 rings (SSSR count). The van der Waals surface area contributed by atoms with Crippen molar-refractivity contribution in [1.29, 1.82) is 0 Å². The summed E-state index contributed by atoms with van der Waals surface area (Å²) in [7, 11) is 0. The lowest BCUT2D eigenvalue weighted by atomic mass is 9.91. The number of hydrogen-bond acceptors (Lipinski definition) is 5. The number of rotatable bonds is 6. The zero-order valence-corrected chi connectivity index (χ0v) is 27.3. The Kier molecular flexibility index (Phi) is 7.22. The molecule has 3 aromatic heterocycles. The Labute approximate surface area is 275 Å². The van der Waals surface area contributed by atoms with E-state index in [-0.39, 0.29) is 0 Å². The molecule has 0 saturated carbocycles. The van der Waals surface area contributed by atoms with Crippen molar-refractivity contribution in [3.8, 4) is 65.4 Å². The summed E-state index contributed by atoms with van der Waals surface area (Å²) in [6.45, 7) is 4.47. The summed E-state index contributed by atoms with van der Waals surface area (Å²) in [4.78, 5) is 5.06. The van der Waals surface area contributed by atoms with E-state index in [1.165, 1.54) is 75.7 Å². The second kappa shape index (κ2) is 11.7. The van der Waals surface area contributed by atoms with Gasteiger partial charge in [-0.15, -0.1) is 22.7 Å². The van der Waals surface area contributed by atoms with E-state index in [1.54, 1.807) is 0 Å². The zero-order valence-electron chi connectivity index (χ0n) is 24.8. The fraction of sp³-hybridized carbons (Fsp3) is 0.0500. The van der Waals surface area contributed by atoms with E-state index in [2.05, 4.69) is 147 Å². The summed E-state index contributed by atoms with van der Waals surface area (Å²) in [5, 5.41) is 0. The van der Waals surface area contributed by atoms with Gasteiger partial charge in [0.15, 0.2) is 0 Å². The Morgan fingerprint density at radius 1 is 0.378 bits per heavy atom. The van der Waals surface area contributed by atoms with E-state index >= 15 is 0 Å². The molecular weight excluding hydrogens is 605 g/mol. The maximum atomic E-state index is 4.96. The molecule has 3 heterocycles.